The molecule has 0 aliphatic rings. The molecule has 1 heterocycles. The minimum absolute atomic E-state index is 0.295. The van der Waals surface area contributed by atoms with Gasteiger partial charge < -0.3 is 15.4 Å². The summed E-state index contributed by atoms with van der Waals surface area (Å²) in [5.74, 6) is 0.132. The van der Waals surface area contributed by atoms with Crippen LogP contribution in [0.5, 0.6) is 5.75 Å². The molecule has 0 aliphatic heterocycles. The largest absolute Gasteiger partial charge is 0.487 e. The van der Waals surface area contributed by atoms with E-state index in [1.807, 2.05) is 60.8 Å². The van der Waals surface area contributed by atoms with Crippen LogP contribution in [0.25, 0.3) is 10.8 Å². The number of benzene rings is 3. The van der Waals surface area contributed by atoms with E-state index < -0.39 is 6.04 Å². The molecule has 0 saturated carbocycles. The molecule has 6 nitrogen and oxygen atoms in total. The molecule has 0 spiro atoms. The molecule has 0 fully saturated rings. The molecule has 3 aromatic carbocycles. The van der Waals surface area contributed by atoms with Gasteiger partial charge in [0, 0.05) is 10.9 Å². The molecule has 2 amide bonds. The van der Waals surface area contributed by atoms with Gasteiger partial charge in [-0.1, -0.05) is 48.0 Å². The number of carbonyl (C=O) groups is 2. The number of nitrogens with zero attached hydrogens (tertiary/aromatic N) is 1. The van der Waals surface area contributed by atoms with E-state index >= 15 is 0 Å². The molecule has 1 atom stereocenters. The first kappa shape index (κ1) is 21.5. The van der Waals surface area contributed by atoms with Crippen LogP contribution >= 0.6 is 11.3 Å². The van der Waals surface area contributed by atoms with Crippen molar-refractivity contribution in [2.45, 2.75) is 26.5 Å². The lowest BCUT2D eigenvalue weighted by Gasteiger charge is -2.13. The Morgan fingerprint density at radius 3 is 2.56 bits per heavy atom. The number of hydrogen-bond acceptors (Lipinski definition) is 5. The Hall–Kier alpha value is -3.71. The van der Waals surface area contributed by atoms with Crippen LogP contribution in [0.15, 0.2) is 72.1 Å². The van der Waals surface area contributed by atoms with Crippen LogP contribution in [-0.2, 0) is 11.4 Å². The highest BCUT2D eigenvalue weighted by molar-refractivity contribution is 7.13. The summed E-state index contributed by atoms with van der Waals surface area (Å²) in [4.78, 5) is 29.2. The second-order valence-corrected chi connectivity index (χ2v) is 8.35. The van der Waals surface area contributed by atoms with E-state index in [1.165, 1.54) is 11.3 Å². The zero-order valence-electron chi connectivity index (χ0n) is 17.8. The third-order valence-electron chi connectivity index (χ3n) is 4.94. The molecule has 162 valence electrons. The van der Waals surface area contributed by atoms with Crippen LogP contribution in [-0.4, -0.2) is 22.8 Å². The van der Waals surface area contributed by atoms with Gasteiger partial charge in [0.05, 0.1) is 5.69 Å². The Morgan fingerprint density at radius 2 is 1.78 bits per heavy atom. The molecule has 0 radical (unpaired) electrons. The molecule has 1 aromatic heterocycles. The SMILES string of the molecule is Cc1ccc(C(=O)NC(C)C(=O)Nc2nc(COc3ccc4ccccc4c3)cs2)cc1. The van der Waals surface area contributed by atoms with Crippen LogP contribution in [0.4, 0.5) is 5.13 Å². The van der Waals surface area contributed by atoms with Gasteiger partial charge in [-0.15, -0.1) is 11.3 Å². The third kappa shape index (κ3) is 5.31. The molecule has 7 heteroatoms. The topological polar surface area (TPSA) is 80.3 Å². The second kappa shape index (κ2) is 9.62. The molecular weight excluding hydrogens is 422 g/mol. The van der Waals surface area contributed by atoms with E-state index in [0.717, 1.165) is 27.8 Å². The van der Waals surface area contributed by atoms with Gasteiger partial charge in [-0.3, -0.25) is 9.59 Å². The van der Waals surface area contributed by atoms with E-state index in [9.17, 15) is 9.59 Å². The van der Waals surface area contributed by atoms with E-state index in [1.54, 1.807) is 19.1 Å². The summed E-state index contributed by atoms with van der Waals surface area (Å²) in [6.45, 7) is 3.89. The van der Waals surface area contributed by atoms with Gasteiger partial charge in [0.15, 0.2) is 5.13 Å². The summed E-state index contributed by atoms with van der Waals surface area (Å²) >= 11 is 1.31. The van der Waals surface area contributed by atoms with Crippen molar-refractivity contribution in [2.24, 2.45) is 0 Å². The van der Waals surface area contributed by atoms with E-state index in [4.69, 9.17) is 4.74 Å². The standard InChI is InChI=1S/C25H23N3O3S/c1-16-7-9-19(10-8-16)24(30)26-17(2)23(29)28-25-27-21(15-32-25)14-31-22-12-11-18-5-3-4-6-20(18)13-22/h3-13,15,17H,14H2,1-2H3,(H,26,30)(H,27,28,29). The lowest BCUT2D eigenvalue weighted by Crippen LogP contribution is -2.41. The highest BCUT2D eigenvalue weighted by Gasteiger charge is 2.18. The van der Waals surface area contributed by atoms with Crippen LogP contribution in [0.3, 0.4) is 0 Å². The predicted molar refractivity (Wildman–Crippen MR) is 127 cm³/mol. The van der Waals surface area contributed by atoms with Crippen molar-refractivity contribution >= 4 is 39.1 Å². The number of rotatable bonds is 7. The second-order valence-electron chi connectivity index (χ2n) is 7.49. The zero-order chi connectivity index (χ0) is 22.5. The molecular formula is C25H23N3O3S. The summed E-state index contributed by atoms with van der Waals surface area (Å²) in [6, 6.07) is 20.5. The number of aryl methyl sites for hydroxylation is 1. The maximum absolute atomic E-state index is 12.5. The summed E-state index contributed by atoms with van der Waals surface area (Å²) in [5, 5.41) is 10.0. The normalized spacial score (nSPS) is 11.7. The summed E-state index contributed by atoms with van der Waals surface area (Å²) in [7, 11) is 0. The molecule has 4 rings (SSSR count). The average Bonchev–Trinajstić information content (AvgIpc) is 3.25. The number of thiazole rings is 1. The van der Waals surface area contributed by atoms with Gasteiger partial charge in [0.1, 0.15) is 18.4 Å². The Balaban J connectivity index is 1.30. The fourth-order valence-corrected chi connectivity index (χ4v) is 3.81. The first-order chi connectivity index (χ1) is 15.5. The maximum atomic E-state index is 12.5. The maximum Gasteiger partial charge on any atom is 0.251 e. The van der Waals surface area contributed by atoms with Crippen molar-refractivity contribution in [1.82, 2.24) is 10.3 Å². The fourth-order valence-electron chi connectivity index (χ4n) is 3.11. The number of ether oxygens (including phenoxy) is 1. The highest BCUT2D eigenvalue weighted by Crippen LogP contribution is 2.22. The Morgan fingerprint density at radius 1 is 1.03 bits per heavy atom. The predicted octanol–water partition coefficient (Wildman–Crippen LogP) is 4.94. The number of nitrogens with one attached hydrogen (secondary N) is 2. The van der Waals surface area contributed by atoms with Gasteiger partial charge in [-0.25, -0.2) is 4.98 Å². The number of amides is 2. The van der Waals surface area contributed by atoms with Gasteiger partial charge in [-0.05, 0) is 48.9 Å². The minimum atomic E-state index is -0.704. The van der Waals surface area contributed by atoms with Gasteiger partial charge in [-0.2, -0.15) is 0 Å². The molecule has 4 aromatic rings. The number of fused-ring (bicyclic) bond motifs is 1. The number of anilines is 1. The molecule has 0 saturated heterocycles. The van der Waals surface area contributed by atoms with Crippen molar-refractivity contribution in [3.05, 3.63) is 88.9 Å². The summed E-state index contributed by atoms with van der Waals surface area (Å²) in [6.07, 6.45) is 0. The molecule has 2 N–H and O–H groups in total. The van der Waals surface area contributed by atoms with Crippen molar-refractivity contribution in [1.29, 1.82) is 0 Å². The van der Waals surface area contributed by atoms with Crippen molar-refractivity contribution in [3.63, 3.8) is 0 Å². The Bertz CT molecular complexity index is 1250. The third-order valence-corrected chi connectivity index (χ3v) is 5.75. The zero-order valence-corrected chi connectivity index (χ0v) is 18.6. The van der Waals surface area contributed by atoms with Gasteiger partial charge >= 0.3 is 0 Å². The lowest BCUT2D eigenvalue weighted by molar-refractivity contribution is -0.117. The van der Waals surface area contributed by atoms with Crippen LogP contribution in [0.2, 0.25) is 0 Å². The van der Waals surface area contributed by atoms with Crippen LogP contribution in [0, 0.1) is 6.92 Å². The van der Waals surface area contributed by atoms with Crippen molar-refractivity contribution < 1.29 is 14.3 Å². The quantitative estimate of drug-likeness (QED) is 0.422. The lowest BCUT2D eigenvalue weighted by atomic mass is 10.1. The average molecular weight is 446 g/mol. The molecule has 32 heavy (non-hydrogen) atoms. The van der Waals surface area contributed by atoms with Gasteiger partial charge in [0.25, 0.3) is 5.91 Å². The molecule has 1 unspecified atom stereocenters. The number of aromatic nitrogens is 1. The summed E-state index contributed by atoms with van der Waals surface area (Å²) < 4.78 is 5.85. The van der Waals surface area contributed by atoms with Crippen molar-refractivity contribution in [3.8, 4) is 5.75 Å². The first-order valence-corrected chi connectivity index (χ1v) is 11.1. The number of hydrogen-bond donors (Lipinski definition) is 2. The van der Waals surface area contributed by atoms with E-state index in [0.29, 0.717) is 17.3 Å². The van der Waals surface area contributed by atoms with Crippen molar-refractivity contribution in [2.75, 3.05) is 5.32 Å². The molecule has 0 bridgehead atoms. The fraction of sp³-hybridized carbons (Fsp3) is 0.160. The van der Waals surface area contributed by atoms with E-state index in [-0.39, 0.29) is 11.8 Å². The number of carbonyl (C=O) groups excluding carboxylic acids is 2. The van der Waals surface area contributed by atoms with Gasteiger partial charge in [0.2, 0.25) is 5.91 Å². The Kier molecular flexibility index (Phi) is 6.47. The van der Waals surface area contributed by atoms with E-state index in [2.05, 4.69) is 21.7 Å². The minimum Gasteiger partial charge on any atom is -0.487 e. The first-order valence-electron chi connectivity index (χ1n) is 10.2. The summed E-state index contributed by atoms with van der Waals surface area (Å²) in [5.41, 5.74) is 2.30. The highest BCUT2D eigenvalue weighted by atomic mass is 32.1. The van der Waals surface area contributed by atoms with Crippen LogP contribution < -0.4 is 15.4 Å². The smallest absolute Gasteiger partial charge is 0.251 e. The Labute approximate surface area is 190 Å². The monoisotopic (exact) mass is 445 g/mol. The van der Waals surface area contributed by atoms with Crippen LogP contribution in [0.1, 0.15) is 28.5 Å². The molecule has 0 aliphatic carbocycles.